The summed E-state index contributed by atoms with van der Waals surface area (Å²) >= 11 is 0. The molecule has 26 heavy (non-hydrogen) atoms. The van der Waals surface area contributed by atoms with Crippen LogP contribution in [0, 0.1) is 13.8 Å². The fraction of sp³-hybridized carbons (Fsp3) is 0.450. The van der Waals surface area contributed by atoms with E-state index in [2.05, 4.69) is 14.9 Å². The molecular formula is C20H26N4O2. The first-order valence-electron chi connectivity index (χ1n) is 9.13. The summed E-state index contributed by atoms with van der Waals surface area (Å²) in [5.74, 6) is 2.04. The summed E-state index contributed by atoms with van der Waals surface area (Å²) < 4.78 is 5.77. The highest BCUT2D eigenvalue weighted by molar-refractivity contribution is 5.76. The van der Waals surface area contributed by atoms with Crippen LogP contribution in [0.2, 0.25) is 0 Å². The van der Waals surface area contributed by atoms with Gasteiger partial charge in [-0.25, -0.2) is 9.97 Å². The summed E-state index contributed by atoms with van der Waals surface area (Å²) in [5, 5.41) is 0. The zero-order valence-electron chi connectivity index (χ0n) is 15.5. The molecule has 0 unspecified atom stereocenters. The molecule has 1 aromatic carbocycles. The number of amides is 1. The summed E-state index contributed by atoms with van der Waals surface area (Å²) in [4.78, 5) is 25.0. The number of carbonyl (C=O) groups is 1. The first-order valence-corrected chi connectivity index (χ1v) is 9.13. The third-order valence-electron chi connectivity index (χ3n) is 4.63. The van der Waals surface area contributed by atoms with Crippen LogP contribution in [0.5, 0.6) is 5.75 Å². The molecule has 2 heterocycles. The number of aromatic nitrogens is 2. The summed E-state index contributed by atoms with van der Waals surface area (Å²) in [5.41, 5.74) is 2.08. The van der Waals surface area contributed by atoms with E-state index in [0.717, 1.165) is 55.4 Å². The van der Waals surface area contributed by atoms with Crippen LogP contribution < -0.4 is 9.64 Å². The van der Waals surface area contributed by atoms with Crippen molar-refractivity contribution in [3.05, 3.63) is 47.9 Å². The normalized spacial score (nSPS) is 14.4. The minimum absolute atomic E-state index is 0.205. The first-order chi connectivity index (χ1) is 12.6. The zero-order valence-corrected chi connectivity index (χ0v) is 15.5. The number of carbonyl (C=O) groups excluding carboxylic acids is 1. The molecule has 0 saturated carbocycles. The average Bonchev–Trinajstić information content (AvgIpc) is 2.66. The molecular weight excluding hydrogens is 328 g/mol. The molecule has 138 valence electrons. The van der Waals surface area contributed by atoms with Crippen LogP contribution in [-0.2, 0) is 4.79 Å². The number of para-hydroxylation sites is 1. The molecule has 0 bridgehead atoms. The molecule has 0 atom stereocenters. The van der Waals surface area contributed by atoms with Gasteiger partial charge in [-0.1, -0.05) is 18.2 Å². The minimum atomic E-state index is 0.205. The van der Waals surface area contributed by atoms with E-state index in [0.29, 0.717) is 13.0 Å². The van der Waals surface area contributed by atoms with Crippen LogP contribution in [-0.4, -0.2) is 53.6 Å². The van der Waals surface area contributed by atoms with Crippen LogP contribution in [0.15, 0.2) is 36.7 Å². The van der Waals surface area contributed by atoms with Crippen molar-refractivity contribution >= 4 is 11.7 Å². The second-order valence-corrected chi connectivity index (χ2v) is 6.60. The van der Waals surface area contributed by atoms with E-state index in [-0.39, 0.29) is 5.91 Å². The maximum atomic E-state index is 12.4. The molecule has 0 aliphatic carbocycles. The van der Waals surface area contributed by atoms with Gasteiger partial charge >= 0.3 is 0 Å². The molecule has 3 rings (SSSR count). The summed E-state index contributed by atoms with van der Waals surface area (Å²) in [7, 11) is 0. The third-order valence-corrected chi connectivity index (χ3v) is 4.63. The fourth-order valence-corrected chi connectivity index (χ4v) is 3.08. The number of ether oxygens (including phenoxy) is 1. The fourth-order valence-electron chi connectivity index (χ4n) is 3.08. The molecule has 0 radical (unpaired) electrons. The van der Waals surface area contributed by atoms with Gasteiger partial charge in [-0.2, -0.15) is 0 Å². The molecule has 6 nitrogen and oxygen atoms in total. The van der Waals surface area contributed by atoms with Gasteiger partial charge in [-0.15, -0.1) is 0 Å². The smallest absolute Gasteiger partial charge is 0.222 e. The highest BCUT2D eigenvalue weighted by Crippen LogP contribution is 2.17. The number of aryl methyl sites for hydroxylation is 2. The minimum Gasteiger partial charge on any atom is -0.493 e. The second-order valence-electron chi connectivity index (χ2n) is 6.60. The first kappa shape index (κ1) is 18.2. The Kier molecular flexibility index (Phi) is 6.04. The molecule has 0 spiro atoms. The third kappa shape index (κ3) is 4.71. The Morgan fingerprint density at radius 1 is 1.12 bits per heavy atom. The number of anilines is 1. The quantitative estimate of drug-likeness (QED) is 0.747. The largest absolute Gasteiger partial charge is 0.493 e. The molecule has 1 aliphatic heterocycles. The van der Waals surface area contributed by atoms with Gasteiger partial charge in [0.1, 0.15) is 17.9 Å². The van der Waals surface area contributed by atoms with E-state index in [1.165, 1.54) is 0 Å². The Balaban J connectivity index is 1.39. The van der Waals surface area contributed by atoms with Gasteiger partial charge in [0.2, 0.25) is 5.91 Å². The molecule has 1 aromatic heterocycles. The predicted octanol–water partition coefficient (Wildman–Crippen LogP) is 2.60. The topological polar surface area (TPSA) is 58.6 Å². The highest BCUT2D eigenvalue weighted by atomic mass is 16.5. The molecule has 1 fully saturated rings. The van der Waals surface area contributed by atoms with Crippen molar-refractivity contribution in [2.75, 3.05) is 37.7 Å². The number of rotatable bonds is 6. The maximum Gasteiger partial charge on any atom is 0.222 e. The second kappa shape index (κ2) is 8.65. The van der Waals surface area contributed by atoms with Gasteiger partial charge in [-0.05, 0) is 31.9 Å². The summed E-state index contributed by atoms with van der Waals surface area (Å²) in [6.07, 6.45) is 2.85. The van der Waals surface area contributed by atoms with Crippen molar-refractivity contribution in [1.29, 1.82) is 0 Å². The summed E-state index contributed by atoms with van der Waals surface area (Å²) in [6.45, 7) is 7.64. The van der Waals surface area contributed by atoms with E-state index >= 15 is 0 Å². The van der Waals surface area contributed by atoms with Crippen molar-refractivity contribution in [2.45, 2.75) is 26.7 Å². The Hall–Kier alpha value is -2.63. The van der Waals surface area contributed by atoms with Crippen LogP contribution in [0.3, 0.4) is 0 Å². The highest BCUT2D eigenvalue weighted by Gasteiger charge is 2.21. The van der Waals surface area contributed by atoms with Gasteiger partial charge in [-0.3, -0.25) is 4.79 Å². The lowest BCUT2D eigenvalue weighted by Gasteiger charge is -2.35. The monoisotopic (exact) mass is 354 g/mol. The number of hydrogen-bond donors (Lipinski definition) is 0. The van der Waals surface area contributed by atoms with E-state index in [4.69, 9.17) is 4.74 Å². The van der Waals surface area contributed by atoms with E-state index < -0.39 is 0 Å². The Morgan fingerprint density at radius 2 is 1.88 bits per heavy atom. The van der Waals surface area contributed by atoms with Gasteiger partial charge < -0.3 is 14.5 Å². The molecule has 1 aliphatic rings. The molecule has 2 aromatic rings. The predicted molar refractivity (Wildman–Crippen MR) is 101 cm³/mol. The maximum absolute atomic E-state index is 12.4. The number of nitrogens with zero attached hydrogens (tertiary/aromatic N) is 4. The van der Waals surface area contributed by atoms with Crippen LogP contribution in [0.25, 0.3) is 0 Å². The molecule has 0 N–H and O–H groups in total. The van der Waals surface area contributed by atoms with Gasteiger partial charge in [0.05, 0.1) is 6.61 Å². The summed E-state index contributed by atoms with van der Waals surface area (Å²) in [6, 6.07) is 9.94. The van der Waals surface area contributed by atoms with Crippen LogP contribution in [0.1, 0.15) is 24.1 Å². The van der Waals surface area contributed by atoms with E-state index in [1.807, 2.05) is 49.1 Å². The van der Waals surface area contributed by atoms with Gasteiger partial charge in [0.25, 0.3) is 0 Å². The molecule has 1 saturated heterocycles. The number of hydrogen-bond acceptors (Lipinski definition) is 5. The van der Waals surface area contributed by atoms with Gasteiger partial charge in [0.15, 0.2) is 0 Å². The lowest BCUT2D eigenvalue weighted by Crippen LogP contribution is -2.49. The van der Waals surface area contributed by atoms with E-state index in [1.54, 1.807) is 6.33 Å². The van der Waals surface area contributed by atoms with E-state index in [9.17, 15) is 4.79 Å². The lowest BCUT2D eigenvalue weighted by molar-refractivity contribution is -0.131. The van der Waals surface area contributed by atoms with Crippen molar-refractivity contribution < 1.29 is 9.53 Å². The van der Waals surface area contributed by atoms with Crippen molar-refractivity contribution in [3.63, 3.8) is 0 Å². The Bertz CT molecular complexity index is 742. The standard InChI is InChI=1S/C20H26N4O2/c1-16-6-3-4-7-18(16)26-13-5-8-20(25)24-11-9-23(10-12-24)19-14-17(2)21-15-22-19/h3-4,6-7,14-15H,5,8-13H2,1-2H3. The van der Waals surface area contributed by atoms with Crippen molar-refractivity contribution in [1.82, 2.24) is 14.9 Å². The lowest BCUT2D eigenvalue weighted by atomic mass is 10.2. The molecule has 6 heteroatoms. The average molecular weight is 354 g/mol. The molecule has 1 amide bonds. The van der Waals surface area contributed by atoms with Gasteiger partial charge in [0, 0.05) is 44.4 Å². The van der Waals surface area contributed by atoms with Crippen LogP contribution in [0.4, 0.5) is 5.82 Å². The number of piperazine rings is 1. The Labute approximate surface area is 154 Å². The number of benzene rings is 1. The Morgan fingerprint density at radius 3 is 2.62 bits per heavy atom. The SMILES string of the molecule is Cc1cc(N2CCN(C(=O)CCCOc3ccccc3C)CC2)ncn1. The zero-order chi connectivity index (χ0) is 18.4. The van der Waals surface area contributed by atoms with Crippen LogP contribution >= 0.6 is 0 Å². The van der Waals surface area contributed by atoms with Crippen molar-refractivity contribution in [3.8, 4) is 5.75 Å². The van der Waals surface area contributed by atoms with Crippen molar-refractivity contribution in [2.24, 2.45) is 0 Å².